The van der Waals surface area contributed by atoms with E-state index in [2.05, 4.69) is 15.6 Å². The molecule has 0 radical (unpaired) electrons. The molecular formula is C22H20F3N3O2S. The molecule has 0 aliphatic carbocycles. The van der Waals surface area contributed by atoms with E-state index < -0.39 is 11.7 Å². The lowest BCUT2D eigenvalue weighted by atomic mass is 10.1. The lowest BCUT2D eigenvalue weighted by Gasteiger charge is -2.07. The molecule has 1 aromatic heterocycles. The zero-order chi connectivity index (χ0) is 22.4. The molecule has 0 aliphatic rings. The number of anilines is 1. The van der Waals surface area contributed by atoms with Gasteiger partial charge in [0.2, 0.25) is 5.91 Å². The molecule has 31 heavy (non-hydrogen) atoms. The molecule has 0 unspecified atom stereocenters. The highest BCUT2D eigenvalue weighted by atomic mass is 32.1. The van der Waals surface area contributed by atoms with E-state index in [-0.39, 0.29) is 18.2 Å². The van der Waals surface area contributed by atoms with E-state index in [0.29, 0.717) is 34.1 Å². The van der Waals surface area contributed by atoms with Gasteiger partial charge < -0.3 is 10.6 Å². The van der Waals surface area contributed by atoms with Crippen LogP contribution in [0.15, 0.2) is 53.9 Å². The lowest BCUT2D eigenvalue weighted by molar-refractivity contribution is -0.137. The zero-order valence-corrected chi connectivity index (χ0v) is 17.4. The third kappa shape index (κ3) is 6.14. The minimum Gasteiger partial charge on any atom is -0.352 e. The van der Waals surface area contributed by atoms with Crippen molar-refractivity contribution in [2.45, 2.75) is 25.9 Å². The Hall–Kier alpha value is -3.20. The van der Waals surface area contributed by atoms with Gasteiger partial charge in [0.1, 0.15) is 5.01 Å². The predicted molar refractivity (Wildman–Crippen MR) is 114 cm³/mol. The van der Waals surface area contributed by atoms with Gasteiger partial charge in [-0.25, -0.2) is 4.98 Å². The number of hydrogen-bond acceptors (Lipinski definition) is 4. The Bertz CT molecular complexity index is 1060. The standard InChI is InChI=1S/C22H20F3N3O2S/c1-2-10-26-20(30)15-4-3-5-17(11-15)27-19(29)12-18-13-31-21(28-18)14-6-8-16(9-7-14)22(23,24)25/h3-9,11,13H,2,10,12H2,1H3,(H,26,30)(H,27,29). The first-order valence-electron chi connectivity index (χ1n) is 9.56. The average molecular weight is 447 g/mol. The number of hydrogen-bond donors (Lipinski definition) is 2. The van der Waals surface area contributed by atoms with Gasteiger partial charge >= 0.3 is 6.18 Å². The van der Waals surface area contributed by atoms with E-state index in [4.69, 9.17) is 0 Å². The molecule has 0 spiro atoms. The molecule has 2 N–H and O–H groups in total. The van der Waals surface area contributed by atoms with Crippen LogP contribution in [-0.4, -0.2) is 23.3 Å². The predicted octanol–water partition coefficient (Wildman–Crippen LogP) is 5.15. The van der Waals surface area contributed by atoms with E-state index in [0.717, 1.165) is 18.6 Å². The van der Waals surface area contributed by atoms with Crippen LogP contribution in [0.2, 0.25) is 0 Å². The van der Waals surface area contributed by atoms with Crippen molar-refractivity contribution in [3.8, 4) is 10.6 Å². The Balaban J connectivity index is 1.62. The summed E-state index contributed by atoms with van der Waals surface area (Å²) in [6, 6.07) is 11.4. The van der Waals surface area contributed by atoms with Gasteiger partial charge in [-0.1, -0.05) is 25.1 Å². The number of amides is 2. The number of nitrogens with zero attached hydrogens (tertiary/aromatic N) is 1. The molecule has 1 heterocycles. The van der Waals surface area contributed by atoms with Crippen molar-refractivity contribution in [1.29, 1.82) is 0 Å². The number of aromatic nitrogens is 1. The fourth-order valence-electron chi connectivity index (χ4n) is 2.77. The maximum Gasteiger partial charge on any atom is 0.416 e. The number of benzene rings is 2. The summed E-state index contributed by atoms with van der Waals surface area (Å²) >= 11 is 1.25. The van der Waals surface area contributed by atoms with Gasteiger partial charge in [-0.15, -0.1) is 11.3 Å². The second-order valence-corrected chi connectivity index (χ2v) is 7.64. The molecule has 2 aromatic carbocycles. The lowest BCUT2D eigenvalue weighted by Crippen LogP contribution is -2.24. The monoisotopic (exact) mass is 447 g/mol. The van der Waals surface area contributed by atoms with Crippen LogP contribution in [0.5, 0.6) is 0 Å². The number of rotatable bonds is 7. The van der Waals surface area contributed by atoms with Crippen LogP contribution in [0.3, 0.4) is 0 Å². The molecule has 5 nitrogen and oxygen atoms in total. The van der Waals surface area contributed by atoms with E-state index >= 15 is 0 Å². The van der Waals surface area contributed by atoms with Gasteiger partial charge in [-0.2, -0.15) is 13.2 Å². The van der Waals surface area contributed by atoms with Crippen LogP contribution in [0.1, 0.15) is 35.0 Å². The second-order valence-electron chi connectivity index (χ2n) is 6.78. The van der Waals surface area contributed by atoms with Gasteiger partial charge in [0.25, 0.3) is 5.91 Å². The number of thiazole rings is 1. The fourth-order valence-corrected chi connectivity index (χ4v) is 3.60. The van der Waals surface area contributed by atoms with Gasteiger partial charge in [0.15, 0.2) is 0 Å². The Morgan fingerprint density at radius 1 is 1.10 bits per heavy atom. The van der Waals surface area contributed by atoms with Gasteiger partial charge in [0, 0.05) is 28.7 Å². The van der Waals surface area contributed by atoms with Gasteiger partial charge in [-0.05, 0) is 36.8 Å². The first-order valence-corrected chi connectivity index (χ1v) is 10.4. The van der Waals surface area contributed by atoms with Crippen LogP contribution in [0.4, 0.5) is 18.9 Å². The molecule has 0 atom stereocenters. The second kappa shape index (κ2) is 9.74. The Morgan fingerprint density at radius 3 is 2.52 bits per heavy atom. The third-order valence-electron chi connectivity index (χ3n) is 4.30. The molecule has 0 bridgehead atoms. The molecule has 0 fully saturated rings. The summed E-state index contributed by atoms with van der Waals surface area (Å²) in [5.41, 5.74) is 1.28. The van der Waals surface area contributed by atoms with E-state index in [1.165, 1.54) is 23.5 Å². The molecular weight excluding hydrogens is 427 g/mol. The third-order valence-corrected chi connectivity index (χ3v) is 5.24. The quantitative estimate of drug-likeness (QED) is 0.526. The maximum absolute atomic E-state index is 12.7. The molecule has 9 heteroatoms. The van der Waals surface area contributed by atoms with Crippen LogP contribution >= 0.6 is 11.3 Å². The van der Waals surface area contributed by atoms with Crippen LogP contribution in [0.25, 0.3) is 10.6 Å². The molecule has 2 amide bonds. The van der Waals surface area contributed by atoms with Crippen molar-refractivity contribution in [1.82, 2.24) is 10.3 Å². The van der Waals surface area contributed by atoms with E-state index in [9.17, 15) is 22.8 Å². The Kier molecular flexibility index (Phi) is 7.06. The summed E-state index contributed by atoms with van der Waals surface area (Å²) in [5, 5.41) is 7.74. The minimum atomic E-state index is -4.39. The van der Waals surface area contributed by atoms with Crippen molar-refractivity contribution in [3.63, 3.8) is 0 Å². The highest BCUT2D eigenvalue weighted by Gasteiger charge is 2.30. The minimum absolute atomic E-state index is 0.00337. The number of halogens is 3. The molecule has 0 aliphatic heterocycles. The smallest absolute Gasteiger partial charge is 0.352 e. The van der Waals surface area contributed by atoms with Crippen LogP contribution in [-0.2, 0) is 17.4 Å². The summed E-state index contributed by atoms with van der Waals surface area (Å²) in [4.78, 5) is 28.8. The molecule has 162 valence electrons. The summed E-state index contributed by atoms with van der Waals surface area (Å²) in [6.45, 7) is 2.53. The average Bonchev–Trinajstić information content (AvgIpc) is 3.20. The zero-order valence-electron chi connectivity index (χ0n) is 16.6. The van der Waals surface area contributed by atoms with Crippen LogP contribution in [0, 0.1) is 0 Å². The van der Waals surface area contributed by atoms with E-state index in [1.807, 2.05) is 6.92 Å². The molecule has 3 aromatic rings. The number of nitrogens with one attached hydrogen (secondary N) is 2. The van der Waals surface area contributed by atoms with Crippen molar-refractivity contribution >= 4 is 28.8 Å². The van der Waals surface area contributed by atoms with Crippen LogP contribution < -0.4 is 10.6 Å². The van der Waals surface area contributed by atoms with E-state index in [1.54, 1.807) is 29.6 Å². The van der Waals surface area contributed by atoms with Crippen molar-refractivity contribution < 1.29 is 22.8 Å². The highest BCUT2D eigenvalue weighted by Crippen LogP contribution is 2.31. The van der Waals surface area contributed by atoms with Gasteiger partial charge in [-0.3, -0.25) is 9.59 Å². The van der Waals surface area contributed by atoms with Crippen molar-refractivity contribution in [3.05, 3.63) is 70.7 Å². The normalized spacial score (nSPS) is 11.2. The first-order chi connectivity index (χ1) is 14.8. The largest absolute Gasteiger partial charge is 0.416 e. The summed E-state index contributed by atoms with van der Waals surface area (Å²) in [7, 11) is 0. The Morgan fingerprint density at radius 2 is 1.84 bits per heavy atom. The summed E-state index contributed by atoms with van der Waals surface area (Å²) in [6.07, 6.45) is -3.56. The Labute approximate surface area is 181 Å². The number of carbonyl (C=O) groups is 2. The maximum atomic E-state index is 12.7. The fraction of sp³-hybridized carbons (Fsp3) is 0.227. The summed E-state index contributed by atoms with van der Waals surface area (Å²) < 4.78 is 38.1. The summed E-state index contributed by atoms with van der Waals surface area (Å²) in [5.74, 6) is -0.519. The highest BCUT2D eigenvalue weighted by molar-refractivity contribution is 7.13. The van der Waals surface area contributed by atoms with Crippen molar-refractivity contribution in [2.75, 3.05) is 11.9 Å². The number of carbonyl (C=O) groups excluding carboxylic acids is 2. The first kappa shape index (κ1) is 22.5. The SMILES string of the molecule is CCCNC(=O)c1cccc(NC(=O)Cc2csc(-c3ccc(C(F)(F)F)cc3)n2)c1. The van der Waals surface area contributed by atoms with Gasteiger partial charge in [0.05, 0.1) is 17.7 Å². The topological polar surface area (TPSA) is 71.1 Å². The molecule has 0 saturated heterocycles. The number of alkyl halides is 3. The van der Waals surface area contributed by atoms with Crippen molar-refractivity contribution in [2.24, 2.45) is 0 Å². The molecule has 0 saturated carbocycles. The molecule has 3 rings (SSSR count).